The maximum absolute atomic E-state index is 13.1. The minimum absolute atomic E-state index is 0.115. The van der Waals surface area contributed by atoms with Crippen molar-refractivity contribution in [1.82, 2.24) is 4.90 Å². The van der Waals surface area contributed by atoms with Gasteiger partial charge in [0.1, 0.15) is 0 Å². The van der Waals surface area contributed by atoms with Crippen LogP contribution in [0.5, 0.6) is 11.5 Å². The second-order valence-corrected chi connectivity index (χ2v) is 8.95. The van der Waals surface area contributed by atoms with Crippen molar-refractivity contribution >= 4 is 34.8 Å². The lowest BCUT2D eigenvalue weighted by Gasteiger charge is -2.39. The largest absolute Gasteiger partial charge is 0.490 e. The molecule has 1 fully saturated rings. The molecule has 1 amide bonds. The first-order chi connectivity index (χ1) is 15.2. The van der Waals surface area contributed by atoms with Gasteiger partial charge in [0.2, 0.25) is 5.91 Å². The van der Waals surface area contributed by atoms with Gasteiger partial charge < -0.3 is 14.2 Å². The fraction of sp³-hybridized carbons (Fsp3) is 0.478. The third kappa shape index (κ3) is 5.15. The van der Waals surface area contributed by atoms with Crippen LogP contribution in [-0.2, 0) is 19.1 Å². The fourth-order valence-electron chi connectivity index (χ4n) is 3.49. The molecule has 2 heterocycles. The fourth-order valence-corrected chi connectivity index (χ4v) is 4.50. The third-order valence-electron chi connectivity index (χ3n) is 4.81. The van der Waals surface area contributed by atoms with E-state index in [9.17, 15) is 14.4 Å². The molecule has 1 aromatic rings. The van der Waals surface area contributed by atoms with Gasteiger partial charge in [0, 0.05) is 19.1 Å². The van der Waals surface area contributed by atoms with Gasteiger partial charge in [0.25, 0.3) is 0 Å². The number of carbonyl (C=O) groups excluding carboxylic acids is 3. The van der Waals surface area contributed by atoms with Crippen molar-refractivity contribution in [1.29, 1.82) is 0 Å². The van der Waals surface area contributed by atoms with Gasteiger partial charge in [-0.05, 0) is 37.5 Å². The highest BCUT2D eigenvalue weighted by atomic mass is 32.2. The molecule has 0 saturated carbocycles. The zero-order chi connectivity index (χ0) is 23.4. The molecule has 0 aromatic heterocycles. The highest BCUT2D eigenvalue weighted by Gasteiger charge is 2.42. The summed E-state index contributed by atoms with van der Waals surface area (Å²) in [6, 6.07) is 4.32. The van der Waals surface area contributed by atoms with E-state index in [-0.39, 0.29) is 24.2 Å². The summed E-state index contributed by atoms with van der Waals surface area (Å²) in [6.07, 6.45) is 0.345. The molecule has 1 atom stereocenters. The minimum Gasteiger partial charge on any atom is -0.490 e. The Bertz CT molecular complexity index is 985. The molecule has 0 unspecified atom stereocenters. The quantitative estimate of drug-likeness (QED) is 0.450. The summed E-state index contributed by atoms with van der Waals surface area (Å²) in [7, 11) is 0. The number of nitrogens with zero attached hydrogens (tertiary/aromatic N) is 2. The SMILES string of the molecule is CCOc1cc([C@@H]2C(C(=O)OCC(C)C)=C(C)N=C3SCCC(=O)N32)ccc1OC(C)=O. The number of carbonyl (C=O) groups is 3. The van der Waals surface area contributed by atoms with Gasteiger partial charge in [-0.15, -0.1) is 0 Å². The Hall–Kier alpha value is -2.81. The second-order valence-electron chi connectivity index (χ2n) is 7.88. The van der Waals surface area contributed by atoms with Crippen LogP contribution in [0.2, 0.25) is 0 Å². The molecule has 2 aliphatic heterocycles. The molecule has 0 spiro atoms. The molecule has 0 N–H and O–H groups in total. The van der Waals surface area contributed by atoms with Crippen molar-refractivity contribution in [3.8, 4) is 11.5 Å². The molecular formula is C23H28N2O6S. The van der Waals surface area contributed by atoms with Gasteiger partial charge in [-0.3, -0.25) is 14.5 Å². The van der Waals surface area contributed by atoms with Gasteiger partial charge in [-0.1, -0.05) is 31.7 Å². The van der Waals surface area contributed by atoms with Crippen LogP contribution in [0.4, 0.5) is 0 Å². The zero-order valence-corrected chi connectivity index (χ0v) is 19.8. The van der Waals surface area contributed by atoms with Crippen LogP contribution < -0.4 is 9.47 Å². The van der Waals surface area contributed by atoms with Crippen molar-refractivity contribution in [2.45, 2.75) is 47.1 Å². The van der Waals surface area contributed by atoms with Gasteiger partial charge >= 0.3 is 11.9 Å². The number of allylic oxidation sites excluding steroid dienone is 1. The first-order valence-corrected chi connectivity index (χ1v) is 11.6. The maximum atomic E-state index is 13.1. The lowest BCUT2D eigenvalue weighted by molar-refractivity contribution is -0.141. The monoisotopic (exact) mass is 460 g/mol. The van der Waals surface area contributed by atoms with Crippen molar-refractivity contribution in [3.63, 3.8) is 0 Å². The number of hydrogen-bond acceptors (Lipinski definition) is 8. The number of fused-ring (bicyclic) bond motifs is 1. The van der Waals surface area contributed by atoms with Gasteiger partial charge in [-0.2, -0.15) is 0 Å². The van der Waals surface area contributed by atoms with Crippen LogP contribution in [0.1, 0.15) is 52.6 Å². The van der Waals surface area contributed by atoms with Crippen molar-refractivity contribution in [2.75, 3.05) is 19.0 Å². The molecule has 0 radical (unpaired) electrons. The summed E-state index contributed by atoms with van der Waals surface area (Å²) in [6.45, 7) is 9.40. The Morgan fingerprint density at radius 1 is 1.28 bits per heavy atom. The average molecular weight is 461 g/mol. The molecule has 2 aliphatic rings. The van der Waals surface area contributed by atoms with E-state index in [4.69, 9.17) is 14.2 Å². The van der Waals surface area contributed by atoms with Crippen LogP contribution in [0.15, 0.2) is 34.5 Å². The normalized spacial score (nSPS) is 18.3. The Morgan fingerprint density at radius 2 is 2.03 bits per heavy atom. The molecule has 172 valence electrons. The molecule has 3 rings (SSSR count). The molecule has 1 saturated heterocycles. The first kappa shape index (κ1) is 23.8. The summed E-state index contributed by atoms with van der Waals surface area (Å²) in [5.74, 6) is 0.343. The smallest absolute Gasteiger partial charge is 0.338 e. The summed E-state index contributed by atoms with van der Waals surface area (Å²) < 4.78 is 16.5. The number of benzene rings is 1. The lowest BCUT2D eigenvalue weighted by Crippen LogP contribution is -2.45. The van der Waals surface area contributed by atoms with E-state index in [1.165, 1.54) is 18.7 Å². The highest BCUT2D eigenvalue weighted by molar-refractivity contribution is 8.14. The Balaban J connectivity index is 2.11. The van der Waals surface area contributed by atoms with E-state index < -0.39 is 18.0 Å². The predicted molar refractivity (Wildman–Crippen MR) is 122 cm³/mol. The van der Waals surface area contributed by atoms with Gasteiger partial charge in [0.05, 0.1) is 30.5 Å². The number of amidine groups is 1. The van der Waals surface area contributed by atoms with Crippen LogP contribution >= 0.6 is 11.8 Å². The van der Waals surface area contributed by atoms with Crippen molar-refractivity contribution < 1.29 is 28.6 Å². The number of esters is 2. The number of ether oxygens (including phenoxy) is 3. The van der Waals surface area contributed by atoms with Crippen LogP contribution in [-0.4, -0.2) is 46.9 Å². The number of hydrogen-bond donors (Lipinski definition) is 0. The van der Waals surface area contributed by atoms with E-state index in [0.29, 0.717) is 46.5 Å². The summed E-state index contributed by atoms with van der Waals surface area (Å²) >= 11 is 1.48. The van der Waals surface area contributed by atoms with Gasteiger partial charge in [0.15, 0.2) is 16.7 Å². The van der Waals surface area contributed by atoms with E-state index in [1.54, 1.807) is 30.0 Å². The topological polar surface area (TPSA) is 94.5 Å². The maximum Gasteiger partial charge on any atom is 0.338 e. The van der Waals surface area contributed by atoms with Crippen molar-refractivity contribution in [3.05, 3.63) is 35.0 Å². The van der Waals surface area contributed by atoms with E-state index >= 15 is 0 Å². The summed E-state index contributed by atoms with van der Waals surface area (Å²) in [5, 5.41) is 0.561. The van der Waals surface area contributed by atoms with E-state index in [2.05, 4.69) is 4.99 Å². The Labute approximate surface area is 192 Å². The van der Waals surface area contributed by atoms with Gasteiger partial charge in [-0.25, -0.2) is 9.79 Å². The van der Waals surface area contributed by atoms with Crippen LogP contribution in [0.25, 0.3) is 0 Å². The molecular weight excluding hydrogens is 432 g/mol. The molecule has 0 bridgehead atoms. The molecule has 1 aromatic carbocycles. The van der Waals surface area contributed by atoms with E-state index in [1.807, 2.05) is 20.8 Å². The second kappa shape index (κ2) is 10.2. The average Bonchev–Trinajstić information content (AvgIpc) is 2.72. The number of aliphatic imine (C=N–C) groups is 1. The summed E-state index contributed by atoms with van der Waals surface area (Å²) in [5.41, 5.74) is 1.47. The lowest BCUT2D eigenvalue weighted by atomic mass is 9.93. The van der Waals surface area contributed by atoms with E-state index in [0.717, 1.165) is 0 Å². The Kier molecular flexibility index (Phi) is 7.60. The number of amides is 1. The molecule has 9 heteroatoms. The van der Waals surface area contributed by atoms with Crippen LogP contribution in [0, 0.1) is 5.92 Å². The Morgan fingerprint density at radius 3 is 2.69 bits per heavy atom. The summed E-state index contributed by atoms with van der Waals surface area (Å²) in [4.78, 5) is 43.6. The molecule has 8 nitrogen and oxygen atoms in total. The minimum atomic E-state index is -0.715. The number of thioether (sulfide) groups is 1. The van der Waals surface area contributed by atoms with Crippen LogP contribution in [0.3, 0.4) is 0 Å². The predicted octanol–water partition coefficient (Wildman–Crippen LogP) is 3.86. The standard InChI is InChI=1S/C23H28N2O6S/c1-6-29-18-11-16(7-8-17(18)31-15(5)26)21-20(22(28)30-12-13(2)3)14(4)24-23-25(21)19(27)9-10-32-23/h7-8,11,13,21H,6,9-10,12H2,1-5H3/t21-/m1/s1. The first-order valence-electron chi connectivity index (χ1n) is 10.6. The molecule has 0 aliphatic carbocycles. The highest BCUT2D eigenvalue weighted by Crippen LogP contribution is 2.42. The third-order valence-corrected chi connectivity index (χ3v) is 5.77. The number of rotatable bonds is 7. The molecule has 32 heavy (non-hydrogen) atoms. The van der Waals surface area contributed by atoms with Crippen molar-refractivity contribution in [2.24, 2.45) is 10.9 Å². The zero-order valence-electron chi connectivity index (χ0n) is 19.0.